The van der Waals surface area contributed by atoms with E-state index in [0.29, 0.717) is 16.9 Å². The molecule has 146 valence electrons. The first-order valence-corrected chi connectivity index (χ1v) is 10.0. The second-order valence-electron chi connectivity index (χ2n) is 6.95. The van der Waals surface area contributed by atoms with Crippen LogP contribution in [0.2, 0.25) is 0 Å². The number of amides is 1. The topological polar surface area (TPSA) is 76.9 Å². The van der Waals surface area contributed by atoms with Gasteiger partial charge in [0.25, 0.3) is 5.56 Å². The Morgan fingerprint density at radius 3 is 2.59 bits per heavy atom. The van der Waals surface area contributed by atoms with Gasteiger partial charge in [0.05, 0.1) is 9.71 Å². The van der Waals surface area contributed by atoms with E-state index in [9.17, 15) is 9.59 Å². The summed E-state index contributed by atoms with van der Waals surface area (Å²) in [6.07, 6.45) is 0. The van der Waals surface area contributed by atoms with Crippen molar-refractivity contribution in [3.63, 3.8) is 0 Å². The van der Waals surface area contributed by atoms with Crippen molar-refractivity contribution in [1.82, 2.24) is 14.8 Å². The van der Waals surface area contributed by atoms with Crippen LogP contribution in [0.3, 0.4) is 0 Å². The predicted molar refractivity (Wildman–Crippen MR) is 116 cm³/mol. The van der Waals surface area contributed by atoms with Gasteiger partial charge in [-0.25, -0.2) is 9.67 Å². The molecule has 0 saturated heterocycles. The lowest BCUT2D eigenvalue weighted by Crippen LogP contribution is -2.30. The highest BCUT2D eigenvalue weighted by atomic mass is 32.1. The van der Waals surface area contributed by atoms with Gasteiger partial charge in [0.15, 0.2) is 5.52 Å². The van der Waals surface area contributed by atoms with Crippen LogP contribution in [0.25, 0.3) is 21.5 Å². The molecule has 0 aliphatic rings. The maximum atomic E-state index is 12.9. The molecule has 1 amide bonds. The van der Waals surface area contributed by atoms with Crippen LogP contribution in [0.15, 0.2) is 53.3 Å². The van der Waals surface area contributed by atoms with Crippen molar-refractivity contribution < 1.29 is 4.79 Å². The number of anilines is 1. The monoisotopic (exact) mass is 404 g/mol. The summed E-state index contributed by atoms with van der Waals surface area (Å²) in [5.74, 6) is -0.316. The number of hydrogen-bond donors (Lipinski definition) is 1. The van der Waals surface area contributed by atoms with E-state index in [1.54, 1.807) is 12.1 Å². The smallest absolute Gasteiger partial charge is 0.294 e. The fraction of sp³-hybridized carbons (Fsp3) is 0.182. The van der Waals surface area contributed by atoms with E-state index in [1.807, 2.05) is 51.1 Å². The Kier molecular flexibility index (Phi) is 4.98. The molecule has 29 heavy (non-hydrogen) atoms. The van der Waals surface area contributed by atoms with Gasteiger partial charge >= 0.3 is 0 Å². The minimum absolute atomic E-state index is 0.182. The van der Waals surface area contributed by atoms with Gasteiger partial charge in [0.2, 0.25) is 5.91 Å². The molecule has 0 spiro atoms. The summed E-state index contributed by atoms with van der Waals surface area (Å²) < 4.78 is 1.95. The molecule has 0 aliphatic heterocycles. The van der Waals surface area contributed by atoms with Crippen LogP contribution >= 0.6 is 11.3 Å². The summed E-state index contributed by atoms with van der Waals surface area (Å²) in [5.41, 5.74) is 4.48. The van der Waals surface area contributed by atoms with Crippen molar-refractivity contribution in [2.45, 2.75) is 27.3 Å². The number of nitrogens with zero attached hydrogens (tertiary/aromatic N) is 3. The minimum Gasteiger partial charge on any atom is -0.324 e. The molecule has 0 fully saturated rings. The highest BCUT2D eigenvalue weighted by molar-refractivity contribution is 7.19. The number of carbonyl (C=O) groups excluding carboxylic acids is 1. The first-order chi connectivity index (χ1) is 13.9. The van der Waals surface area contributed by atoms with Crippen molar-refractivity contribution in [3.05, 3.63) is 75.0 Å². The van der Waals surface area contributed by atoms with E-state index in [1.165, 1.54) is 16.0 Å². The summed E-state index contributed by atoms with van der Waals surface area (Å²) in [6.45, 7) is 5.73. The molecule has 0 radical (unpaired) electrons. The van der Waals surface area contributed by atoms with Crippen molar-refractivity contribution in [2.24, 2.45) is 0 Å². The maximum absolute atomic E-state index is 12.9. The van der Waals surface area contributed by atoms with Gasteiger partial charge in [0, 0.05) is 11.3 Å². The third kappa shape index (κ3) is 3.82. The van der Waals surface area contributed by atoms with Crippen LogP contribution in [0.5, 0.6) is 0 Å². The van der Waals surface area contributed by atoms with Gasteiger partial charge in [-0.15, -0.1) is 11.3 Å². The maximum Gasteiger partial charge on any atom is 0.294 e. The number of aryl methyl sites for hydroxylation is 3. The van der Waals surface area contributed by atoms with E-state index in [-0.39, 0.29) is 18.0 Å². The predicted octanol–water partition coefficient (Wildman–Crippen LogP) is 4.08. The van der Waals surface area contributed by atoms with E-state index in [4.69, 9.17) is 0 Å². The molecular weight excluding hydrogens is 384 g/mol. The first kappa shape index (κ1) is 19.0. The molecule has 0 bridgehead atoms. The molecule has 4 aromatic rings. The van der Waals surface area contributed by atoms with Gasteiger partial charge in [-0.1, -0.05) is 42.0 Å². The molecule has 0 atom stereocenters. The number of carbonyl (C=O) groups is 1. The number of benzene rings is 2. The summed E-state index contributed by atoms with van der Waals surface area (Å²) in [6, 6.07) is 15.2. The molecule has 2 heterocycles. The average molecular weight is 404 g/mol. The fourth-order valence-electron chi connectivity index (χ4n) is 3.29. The zero-order valence-electron chi connectivity index (χ0n) is 16.4. The van der Waals surface area contributed by atoms with Crippen molar-refractivity contribution in [1.29, 1.82) is 0 Å². The third-order valence-corrected chi connectivity index (χ3v) is 5.57. The Labute approximate surface area is 171 Å². The van der Waals surface area contributed by atoms with Crippen LogP contribution in [-0.4, -0.2) is 20.7 Å². The molecule has 0 unspecified atom stereocenters. The van der Waals surface area contributed by atoms with E-state index in [2.05, 4.69) is 21.5 Å². The minimum atomic E-state index is -0.360. The van der Waals surface area contributed by atoms with Crippen LogP contribution in [0.1, 0.15) is 16.1 Å². The molecule has 2 aromatic carbocycles. The highest BCUT2D eigenvalue weighted by Crippen LogP contribution is 2.31. The molecule has 0 aliphatic carbocycles. The Bertz CT molecular complexity index is 1280. The summed E-state index contributed by atoms with van der Waals surface area (Å²) in [7, 11) is 0. The number of nitrogens with one attached hydrogen (secondary N) is 1. The lowest BCUT2D eigenvalue weighted by Gasteiger charge is -2.11. The number of hydrogen-bond acceptors (Lipinski definition) is 5. The molecule has 7 heteroatoms. The van der Waals surface area contributed by atoms with Gasteiger partial charge in [0.1, 0.15) is 12.2 Å². The van der Waals surface area contributed by atoms with Gasteiger partial charge in [-0.2, -0.15) is 5.10 Å². The number of aromatic nitrogens is 3. The Balaban J connectivity index is 1.79. The lowest BCUT2D eigenvalue weighted by atomic mass is 10.0. The molecule has 6 nitrogen and oxygen atoms in total. The van der Waals surface area contributed by atoms with Crippen molar-refractivity contribution in [3.8, 4) is 11.3 Å². The van der Waals surface area contributed by atoms with E-state index < -0.39 is 0 Å². The van der Waals surface area contributed by atoms with Gasteiger partial charge < -0.3 is 5.32 Å². The first-order valence-electron chi connectivity index (χ1n) is 9.23. The normalized spacial score (nSPS) is 11.0. The average Bonchev–Trinajstić information content (AvgIpc) is 3.07. The molecule has 0 saturated carbocycles. The molecule has 4 rings (SSSR count). The Morgan fingerprint density at radius 1 is 1.10 bits per heavy atom. The van der Waals surface area contributed by atoms with Gasteiger partial charge in [-0.05, 0) is 38.5 Å². The zero-order chi connectivity index (χ0) is 20.5. The summed E-state index contributed by atoms with van der Waals surface area (Å²) in [5, 5.41) is 8.15. The molecule has 1 N–H and O–H groups in total. The number of fused-ring (bicyclic) bond motifs is 1. The summed E-state index contributed by atoms with van der Waals surface area (Å²) >= 11 is 1.44. The largest absolute Gasteiger partial charge is 0.324 e. The summed E-state index contributed by atoms with van der Waals surface area (Å²) in [4.78, 5) is 29.8. The highest BCUT2D eigenvalue weighted by Gasteiger charge is 2.19. The number of rotatable bonds is 4. The fourth-order valence-corrected chi connectivity index (χ4v) is 4.20. The second-order valence-corrected chi connectivity index (χ2v) is 8.16. The molecule has 2 aromatic heterocycles. The quantitative estimate of drug-likeness (QED) is 0.556. The standard InChI is InChI=1S/C22H20N4O2S/c1-13-9-10-17(14(2)11-13)19-21-20(23-15(3)29-21)22(28)26(25-19)12-18(27)24-16-7-5-4-6-8-16/h4-11H,12H2,1-3H3,(H,24,27). The second kappa shape index (κ2) is 7.60. The van der Waals surface area contributed by atoms with Crippen LogP contribution in [0.4, 0.5) is 5.69 Å². The van der Waals surface area contributed by atoms with Crippen LogP contribution in [0, 0.1) is 20.8 Å². The third-order valence-electron chi connectivity index (χ3n) is 4.59. The SMILES string of the molecule is Cc1ccc(-c2nn(CC(=O)Nc3ccccc3)c(=O)c3nc(C)sc23)c(C)c1. The zero-order valence-corrected chi connectivity index (χ0v) is 17.2. The Morgan fingerprint density at radius 2 is 1.86 bits per heavy atom. The van der Waals surface area contributed by atoms with Crippen LogP contribution < -0.4 is 10.9 Å². The van der Waals surface area contributed by atoms with Crippen molar-refractivity contribution in [2.75, 3.05) is 5.32 Å². The lowest BCUT2D eigenvalue weighted by molar-refractivity contribution is -0.117. The molecular formula is C22H20N4O2S. The van der Waals surface area contributed by atoms with E-state index >= 15 is 0 Å². The van der Waals surface area contributed by atoms with E-state index in [0.717, 1.165) is 26.4 Å². The van der Waals surface area contributed by atoms with Crippen molar-refractivity contribution >= 4 is 33.1 Å². The number of thiazole rings is 1. The van der Waals surface area contributed by atoms with Gasteiger partial charge in [-0.3, -0.25) is 9.59 Å². The van der Waals surface area contributed by atoms with Crippen LogP contribution in [-0.2, 0) is 11.3 Å². The Hall–Kier alpha value is -3.32. The number of para-hydroxylation sites is 1.